The highest BCUT2D eigenvalue weighted by atomic mass is 16.3. The molecule has 3 aromatic rings. The Morgan fingerprint density at radius 1 is 1.18 bits per heavy atom. The molecule has 2 aliphatic rings. The fourth-order valence-corrected chi connectivity index (χ4v) is 5.39. The van der Waals surface area contributed by atoms with Gasteiger partial charge in [0.1, 0.15) is 11.8 Å². The van der Waals surface area contributed by atoms with Crippen LogP contribution >= 0.6 is 0 Å². The fraction of sp³-hybridized carbons (Fsp3) is 0.423. The van der Waals surface area contributed by atoms with Gasteiger partial charge in [0.25, 0.3) is 5.91 Å². The van der Waals surface area contributed by atoms with E-state index in [2.05, 4.69) is 15.5 Å². The zero-order valence-electron chi connectivity index (χ0n) is 18.9. The van der Waals surface area contributed by atoms with E-state index in [1.165, 1.54) is 32.1 Å². The molecule has 1 aliphatic heterocycles. The number of hydrogen-bond donors (Lipinski definition) is 3. The molecule has 1 aromatic heterocycles. The van der Waals surface area contributed by atoms with E-state index in [1.807, 2.05) is 31.2 Å². The van der Waals surface area contributed by atoms with Crippen LogP contribution in [0.3, 0.4) is 0 Å². The second-order valence-electron chi connectivity index (χ2n) is 9.23. The van der Waals surface area contributed by atoms with Crippen LogP contribution < -0.4 is 5.32 Å². The maximum Gasteiger partial charge on any atom is 0.258 e. The number of H-pyrrole nitrogens is 1. The van der Waals surface area contributed by atoms with Crippen molar-refractivity contribution >= 4 is 22.7 Å². The highest BCUT2D eigenvalue weighted by Gasteiger charge is 2.39. The zero-order valence-corrected chi connectivity index (χ0v) is 18.9. The Hall–Kier alpha value is -3.35. The average Bonchev–Trinajstić information content (AvgIpc) is 3.40. The SMILES string of the molecule is CCNC(=O)C1c2ccccc2CN1C(=O)c1cc2c(CC3CCCCC3)[nH]nc2cc1O. The molecule has 3 N–H and O–H groups in total. The lowest BCUT2D eigenvalue weighted by Crippen LogP contribution is -2.39. The summed E-state index contributed by atoms with van der Waals surface area (Å²) in [6.45, 7) is 2.67. The van der Waals surface area contributed by atoms with Crippen LogP contribution in [0.25, 0.3) is 10.9 Å². The van der Waals surface area contributed by atoms with Crippen LogP contribution in [0.15, 0.2) is 36.4 Å². The number of aromatic hydroxyl groups is 1. The Kier molecular flexibility index (Phi) is 5.79. The van der Waals surface area contributed by atoms with Gasteiger partial charge in [-0.2, -0.15) is 5.10 Å². The number of carbonyl (C=O) groups is 2. The number of amides is 2. The molecule has 2 aromatic carbocycles. The van der Waals surface area contributed by atoms with Crippen molar-refractivity contribution in [3.63, 3.8) is 0 Å². The summed E-state index contributed by atoms with van der Waals surface area (Å²) in [4.78, 5) is 28.1. The van der Waals surface area contributed by atoms with Gasteiger partial charge in [0.2, 0.25) is 5.91 Å². The van der Waals surface area contributed by atoms with Crippen molar-refractivity contribution in [3.8, 4) is 5.75 Å². The lowest BCUT2D eigenvalue weighted by atomic mass is 9.85. The minimum atomic E-state index is -0.713. The first kappa shape index (κ1) is 21.5. The minimum Gasteiger partial charge on any atom is -0.507 e. The third-order valence-corrected chi connectivity index (χ3v) is 7.06. The number of hydrogen-bond acceptors (Lipinski definition) is 4. The zero-order chi connectivity index (χ0) is 22.9. The molecule has 1 aliphatic carbocycles. The van der Waals surface area contributed by atoms with E-state index in [9.17, 15) is 14.7 Å². The molecule has 1 atom stereocenters. The number of fused-ring (bicyclic) bond motifs is 2. The Bertz CT molecular complexity index is 1200. The number of phenolic OH excluding ortho intramolecular Hbond substituents is 1. The van der Waals surface area contributed by atoms with Crippen molar-refractivity contribution in [2.75, 3.05) is 6.54 Å². The second-order valence-corrected chi connectivity index (χ2v) is 9.23. The number of phenols is 1. The number of carbonyl (C=O) groups excluding carboxylic acids is 2. The lowest BCUT2D eigenvalue weighted by Gasteiger charge is -2.25. The van der Waals surface area contributed by atoms with E-state index < -0.39 is 6.04 Å². The van der Waals surface area contributed by atoms with Gasteiger partial charge in [0.05, 0.1) is 11.1 Å². The Labute approximate surface area is 193 Å². The second kappa shape index (κ2) is 8.89. The molecule has 172 valence electrons. The maximum atomic E-state index is 13.7. The summed E-state index contributed by atoms with van der Waals surface area (Å²) in [5.41, 5.74) is 3.65. The quantitative estimate of drug-likeness (QED) is 0.546. The number of rotatable bonds is 5. The van der Waals surface area contributed by atoms with Crippen LogP contribution in [0, 0.1) is 5.92 Å². The van der Waals surface area contributed by atoms with Crippen LogP contribution in [0.1, 0.15) is 72.2 Å². The van der Waals surface area contributed by atoms with Crippen LogP contribution in [-0.4, -0.2) is 38.6 Å². The van der Waals surface area contributed by atoms with Crippen LogP contribution in [0.4, 0.5) is 0 Å². The predicted octanol–water partition coefficient (Wildman–Crippen LogP) is 4.22. The van der Waals surface area contributed by atoms with Gasteiger partial charge in [-0.15, -0.1) is 0 Å². The van der Waals surface area contributed by atoms with Gasteiger partial charge < -0.3 is 15.3 Å². The van der Waals surface area contributed by atoms with Crippen LogP contribution in [0.2, 0.25) is 0 Å². The number of aromatic nitrogens is 2. The fourth-order valence-electron chi connectivity index (χ4n) is 5.39. The van der Waals surface area contributed by atoms with Crippen LogP contribution in [-0.2, 0) is 17.8 Å². The van der Waals surface area contributed by atoms with Gasteiger partial charge in [-0.3, -0.25) is 14.7 Å². The molecule has 1 unspecified atom stereocenters. The van der Waals surface area contributed by atoms with Gasteiger partial charge in [0.15, 0.2) is 0 Å². The van der Waals surface area contributed by atoms with Gasteiger partial charge in [-0.25, -0.2) is 0 Å². The third kappa shape index (κ3) is 3.96. The highest BCUT2D eigenvalue weighted by Crippen LogP contribution is 2.37. The summed E-state index contributed by atoms with van der Waals surface area (Å²) in [6.07, 6.45) is 7.15. The van der Waals surface area contributed by atoms with Gasteiger partial charge >= 0.3 is 0 Å². The molecule has 0 radical (unpaired) electrons. The van der Waals surface area contributed by atoms with Crippen molar-refractivity contribution in [2.45, 2.75) is 58.0 Å². The number of benzene rings is 2. The summed E-state index contributed by atoms with van der Waals surface area (Å²) in [6, 6.07) is 10.2. The summed E-state index contributed by atoms with van der Waals surface area (Å²) in [5, 5.41) is 21.9. The van der Waals surface area contributed by atoms with Crippen molar-refractivity contribution in [1.29, 1.82) is 0 Å². The molecule has 7 heteroatoms. The number of likely N-dealkylation sites (N-methyl/N-ethyl adjacent to an activating group) is 1. The predicted molar refractivity (Wildman–Crippen MR) is 126 cm³/mol. The van der Waals surface area contributed by atoms with E-state index in [4.69, 9.17) is 0 Å². The Balaban J connectivity index is 1.49. The maximum absolute atomic E-state index is 13.7. The molecular formula is C26H30N4O3. The van der Waals surface area contributed by atoms with E-state index in [1.54, 1.807) is 17.0 Å². The number of aromatic amines is 1. The molecule has 2 heterocycles. The molecule has 0 saturated heterocycles. The van der Waals surface area contributed by atoms with Crippen molar-refractivity contribution in [1.82, 2.24) is 20.4 Å². The topological polar surface area (TPSA) is 98.3 Å². The van der Waals surface area contributed by atoms with Crippen molar-refractivity contribution in [2.24, 2.45) is 5.92 Å². The Morgan fingerprint density at radius 2 is 1.97 bits per heavy atom. The van der Waals surface area contributed by atoms with Crippen molar-refractivity contribution in [3.05, 3.63) is 58.8 Å². The first-order valence-electron chi connectivity index (χ1n) is 11.9. The summed E-state index contributed by atoms with van der Waals surface area (Å²) < 4.78 is 0. The van der Waals surface area contributed by atoms with Gasteiger partial charge in [0, 0.05) is 30.2 Å². The van der Waals surface area contributed by atoms with Gasteiger partial charge in [-0.1, -0.05) is 56.4 Å². The largest absolute Gasteiger partial charge is 0.507 e. The molecule has 2 amide bonds. The highest BCUT2D eigenvalue weighted by molar-refractivity contribution is 6.03. The molecule has 5 rings (SSSR count). The first-order chi connectivity index (χ1) is 16.1. The van der Waals surface area contributed by atoms with E-state index >= 15 is 0 Å². The molecule has 7 nitrogen and oxygen atoms in total. The average molecular weight is 447 g/mol. The molecule has 0 spiro atoms. The standard InChI is InChI=1S/C26H30N4O3/c1-2-27-25(32)24-18-11-7-6-10-17(18)15-30(24)26(33)20-13-19-21(12-16-8-4-3-5-9-16)28-29-22(19)14-23(20)31/h6-7,10-11,13-14,16,24,31H,2-5,8-9,12,15H2,1H3,(H,27,32)(H,28,29). The monoisotopic (exact) mass is 446 g/mol. The molecule has 33 heavy (non-hydrogen) atoms. The van der Waals surface area contributed by atoms with E-state index in [-0.39, 0.29) is 23.1 Å². The summed E-state index contributed by atoms with van der Waals surface area (Å²) >= 11 is 0. The van der Waals surface area contributed by atoms with Crippen molar-refractivity contribution < 1.29 is 14.7 Å². The lowest BCUT2D eigenvalue weighted by molar-refractivity contribution is -0.125. The minimum absolute atomic E-state index is 0.117. The molecule has 1 fully saturated rings. The summed E-state index contributed by atoms with van der Waals surface area (Å²) in [5.74, 6) is -0.0660. The number of nitrogens with zero attached hydrogens (tertiary/aromatic N) is 2. The van der Waals surface area contributed by atoms with E-state index in [0.29, 0.717) is 24.5 Å². The summed E-state index contributed by atoms with van der Waals surface area (Å²) in [7, 11) is 0. The smallest absolute Gasteiger partial charge is 0.258 e. The normalized spacial score (nSPS) is 18.5. The molecule has 0 bridgehead atoms. The third-order valence-electron chi connectivity index (χ3n) is 7.06. The van der Waals surface area contributed by atoms with Crippen LogP contribution in [0.5, 0.6) is 5.75 Å². The number of nitrogens with one attached hydrogen (secondary N) is 2. The van der Waals surface area contributed by atoms with E-state index in [0.717, 1.165) is 28.6 Å². The Morgan fingerprint density at radius 3 is 2.76 bits per heavy atom. The first-order valence-corrected chi connectivity index (χ1v) is 11.9. The van der Waals surface area contributed by atoms with Gasteiger partial charge in [-0.05, 0) is 36.5 Å². The molecular weight excluding hydrogens is 416 g/mol. The molecule has 1 saturated carbocycles.